The Balaban J connectivity index is 2.61. The van der Waals surface area contributed by atoms with Crippen molar-refractivity contribution >= 4 is 0 Å². The largest absolute Gasteiger partial charge is 0.425 e. The van der Waals surface area contributed by atoms with Gasteiger partial charge in [-0.15, -0.1) is 10.2 Å². The fraction of sp³-hybridized carbons (Fsp3) is 0.500. The summed E-state index contributed by atoms with van der Waals surface area (Å²) in [5, 5.41) is 6.78. The van der Waals surface area contributed by atoms with E-state index in [2.05, 4.69) is 19.4 Å². The van der Waals surface area contributed by atoms with Crippen LogP contribution in [0.1, 0.15) is 7.26 Å². The van der Waals surface area contributed by atoms with E-state index >= 15 is 0 Å². The molecule has 0 aliphatic rings. The number of ether oxygens (including phenoxy) is 1. The Morgan fingerprint density at radius 1 is 2.12 bits per heavy atom. The van der Waals surface area contributed by atoms with E-state index < -0.39 is 0 Å². The Bertz CT molecular complexity index is 188. The van der Waals surface area contributed by atoms with Gasteiger partial charge in [-0.25, -0.2) is 0 Å². The Morgan fingerprint density at radius 2 is 3.00 bits per heavy atom. The smallest absolute Gasteiger partial charge is 0.241 e. The normalized spacial score (nSPS) is 11.4. The first-order valence-corrected chi connectivity index (χ1v) is 2.11. The van der Waals surface area contributed by atoms with Crippen molar-refractivity contribution in [2.24, 2.45) is 0 Å². The zero-order chi connectivity index (χ0) is 6.69. The van der Waals surface area contributed by atoms with Gasteiger partial charge in [-0.05, 0) is 0 Å². The lowest BCUT2D eigenvalue weighted by molar-refractivity contribution is 0.159. The van der Waals surface area contributed by atoms with Crippen molar-refractivity contribution in [3.05, 3.63) is 12.3 Å². The molecule has 0 atom stereocenters. The van der Waals surface area contributed by atoms with Crippen molar-refractivity contribution in [1.29, 1.82) is 0 Å². The van der Waals surface area contributed by atoms with Crippen LogP contribution >= 0.6 is 0 Å². The molecule has 0 bridgehead atoms. The molecule has 0 aromatic carbocycles. The van der Waals surface area contributed by atoms with Crippen molar-refractivity contribution < 1.29 is 10.5 Å². The van der Waals surface area contributed by atoms with Gasteiger partial charge in [0.15, 0.2) is 0 Å². The van der Waals surface area contributed by atoms with Gasteiger partial charge in [-0.3, -0.25) is 0 Å². The second-order valence-corrected chi connectivity index (χ2v) is 1.22. The molecule has 0 saturated carbocycles. The minimum absolute atomic E-state index is 0.179. The maximum atomic E-state index is 6.80. The van der Waals surface area contributed by atoms with E-state index in [-0.39, 0.29) is 13.0 Å². The summed E-state index contributed by atoms with van der Waals surface area (Å²) in [5.74, 6) is 0.336. The van der Waals surface area contributed by atoms with Gasteiger partial charge in [0.2, 0.25) is 12.3 Å². The summed E-state index contributed by atoms with van der Waals surface area (Å²) < 4.78 is 16.1. The molecular weight excluding hydrogens is 108 g/mol. The fourth-order valence-corrected chi connectivity index (χ4v) is 0.351. The van der Waals surface area contributed by atoms with Crippen molar-refractivity contribution in [2.75, 3.05) is 7.11 Å². The summed E-state index contributed by atoms with van der Waals surface area (Å²) in [6.45, 7) is 0.270. The lowest BCUT2D eigenvalue weighted by Crippen LogP contribution is -1.85. The summed E-state index contributed by atoms with van der Waals surface area (Å²) in [6, 6.07) is 0. The third kappa shape index (κ3) is 1.04. The highest BCUT2D eigenvalue weighted by molar-refractivity contribution is 4.65. The van der Waals surface area contributed by atoms with E-state index in [4.69, 9.17) is 1.37 Å². The van der Waals surface area contributed by atoms with Gasteiger partial charge in [0.05, 0.1) is 0 Å². The molecule has 0 N–H and O–H groups in total. The summed E-state index contributed by atoms with van der Waals surface area (Å²) >= 11 is 0. The predicted molar refractivity (Wildman–Crippen MR) is 25.0 cm³/mol. The van der Waals surface area contributed by atoms with Crippen molar-refractivity contribution in [3.8, 4) is 0 Å². The number of nitrogens with zero attached hydrogens (tertiary/aromatic N) is 2. The maximum Gasteiger partial charge on any atom is 0.241 e. The zero-order valence-electron chi connectivity index (χ0n) is 5.42. The highest BCUT2D eigenvalue weighted by Crippen LogP contribution is 1.90. The average molecular weight is 115 g/mol. The molecular formula is C4H6N2O2. The quantitative estimate of drug-likeness (QED) is 0.553. The molecule has 4 heteroatoms. The van der Waals surface area contributed by atoms with E-state index in [0.29, 0.717) is 5.89 Å². The van der Waals surface area contributed by atoms with Crippen molar-refractivity contribution in [3.63, 3.8) is 0 Å². The number of hydrogen-bond acceptors (Lipinski definition) is 4. The third-order valence-corrected chi connectivity index (χ3v) is 0.634. The van der Waals surface area contributed by atoms with Gasteiger partial charge in [0.25, 0.3) is 0 Å². The Kier molecular flexibility index (Phi) is 1.22. The van der Waals surface area contributed by atoms with Gasteiger partial charge >= 0.3 is 0 Å². The van der Waals surface area contributed by atoms with Crippen LogP contribution in [0, 0.1) is 0 Å². The van der Waals surface area contributed by atoms with E-state index in [1.807, 2.05) is 0 Å². The van der Waals surface area contributed by atoms with Gasteiger partial charge in [-0.2, -0.15) is 0 Å². The topological polar surface area (TPSA) is 48.2 Å². The molecule has 1 aromatic heterocycles. The molecule has 0 unspecified atom stereocenters. The third-order valence-electron chi connectivity index (χ3n) is 0.634. The first kappa shape index (κ1) is 4.03. The molecule has 4 nitrogen and oxygen atoms in total. The summed E-state index contributed by atoms with van der Waals surface area (Å²) in [4.78, 5) is 0. The van der Waals surface area contributed by atoms with Gasteiger partial charge in [0, 0.05) is 7.11 Å². The van der Waals surface area contributed by atoms with E-state index in [1.54, 1.807) is 0 Å². The predicted octanol–water partition coefficient (Wildman–Crippen LogP) is 0.216. The molecule has 1 heterocycles. The molecule has 0 saturated heterocycles. The molecule has 0 aliphatic carbocycles. The maximum absolute atomic E-state index is 6.80. The minimum Gasteiger partial charge on any atom is -0.425 e. The number of rotatable bonds is 2. The Morgan fingerprint density at radius 3 is 3.50 bits per heavy atom. The lowest BCUT2D eigenvalue weighted by atomic mass is 10.7. The zero-order valence-corrected chi connectivity index (χ0v) is 4.42. The standard InChI is InChI=1S/C4H6N2O2/c1-7-2-4-6-5-3-8-4/h3H,2H2,1H3/i3D. The fourth-order valence-electron chi connectivity index (χ4n) is 0.351. The number of methoxy groups -OCH3 is 1. The van der Waals surface area contributed by atoms with Crippen LogP contribution in [0.5, 0.6) is 0 Å². The first-order valence-electron chi connectivity index (χ1n) is 2.61. The van der Waals surface area contributed by atoms with Gasteiger partial charge < -0.3 is 9.15 Å². The van der Waals surface area contributed by atoms with Crippen LogP contribution in [0.15, 0.2) is 10.8 Å². The number of hydrogen-bond donors (Lipinski definition) is 0. The second-order valence-electron chi connectivity index (χ2n) is 1.22. The molecule has 0 radical (unpaired) electrons. The lowest BCUT2D eigenvalue weighted by Gasteiger charge is -1.85. The second kappa shape index (κ2) is 2.42. The van der Waals surface area contributed by atoms with Gasteiger partial charge in [-0.1, -0.05) is 0 Å². The van der Waals surface area contributed by atoms with Crippen LogP contribution < -0.4 is 0 Å². The van der Waals surface area contributed by atoms with Crippen LogP contribution in [0.25, 0.3) is 0 Å². The molecule has 8 heavy (non-hydrogen) atoms. The Labute approximate surface area is 47.9 Å². The molecule has 0 fully saturated rings. The SMILES string of the molecule is [2H]c1nnc(COC)o1. The molecule has 0 spiro atoms. The van der Waals surface area contributed by atoms with Crippen LogP contribution in [-0.2, 0) is 11.3 Å². The van der Waals surface area contributed by atoms with Crippen LogP contribution in [0.4, 0.5) is 0 Å². The molecule has 1 rings (SSSR count). The summed E-state index contributed by atoms with van der Waals surface area (Å²) in [6.07, 6.45) is -0.179. The first-order chi connectivity index (χ1) is 4.33. The highest BCUT2D eigenvalue weighted by atomic mass is 16.5. The summed E-state index contributed by atoms with van der Waals surface area (Å²) in [7, 11) is 1.52. The van der Waals surface area contributed by atoms with E-state index in [9.17, 15) is 0 Å². The number of aromatic nitrogens is 2. The monoisotopic (exact) mass is 115 g/mol. The van der Waals surface area contributed by atoms with Crippen LogP contribution in [-0.4, -0.2) is 17.3 Å². The minimum atomic E-state index is -0.179. The van der Waals surface area contributed by atoms with Crippen LogP contribution in [0.3, 0.4) is 0 Å². The molecule has 0 aliphatic heterocycles. The highest BCUT2D eigenvalue weighted by Gasteiger charge is 1.92. The average Bonchev–Trinajstić information content (AvgIpc) is 2.17. The summed E-state index contributed by atoms with van der Waals surface area (Å²) in [5.41, 5.74) is 0. The molecule has 1 aromatic rings. The van der Waals surface area contributed by atoms with E-state index in [1.165, 1.54) is 7.11 Å². The van der Waals surface area contributed by atoms with Crippen molar-refractivity contribution in [2.45, 2.75) is 6.61 Å². The molecule has 0 amide bonds. The van der Waals surface area contributed by atoms with Crippen LogP contribution in [0.2, 0.25) is 0 Å². The van der Waals surface area contributed by atoms with Gasteiger partial charge in [0.1, 0.15) is 7.98 Å². The Hall–Kier alpha value is -0.900. The van der Waals surface area contributed by atoms with E-state index in [0.717, 1.165) is 0 Å². The molecule has 44 valence electrons. The van der Waals surface area contributed by atoms with Crippen molar-refractivity contribution in [1.82, 2.24) is 10.2 Å².